The first-order valence-electron chi connectivity index (χ1n) is 10.5. The fourth-order valence-electron chi connectivity index (χ4n) is 4.21. The summed E-state index contributed by atoms with van der Waals surface area (Å²) in [6.45, 7) is 0. The van der Waals surface area contributed by atoms with Crippen molar-refractivity contribution < 1.29 is 9.50 Å². The number of benzene rings is 3. The van der Waals surface area contributed by atoms with E-state index >= 15 is 0 Å². The Morgan fingerprint density at radius 1 is 0.935 bits per heavy atom. The van der Waals surface area contributed by atoms with Gasteiger partial charge in [0.2, 0.25) is 0 Å². The Kier molecular flexibility index (Phi) is 4.11. The van der Waals surface area contributed by atoms with Crippen molar-refractivity contribution in [1.82, 2.24) is 14.8 Å². The van der Waals surface area contributed by atoms with Crippen LogP contribution in [0.15, 0.2) is 79.0 Å². The topological polar surface area (TPSA) is 50.9 Å². The predicted octanol–water partition coefficient (Wildman–Crippen LogP) is 5.82. The Morgan fingerprint density at radius 3 is 2.55 bits per heavy atom. The van der Waals surface area contributed by atoms with Crippen LogP contribution in [0.3, 0.4) is 0 Å². The summed E-state index contributed by atoms with van der Waals surface area (Å²) in [5.41, 5.74) is 4.32. The predicted molar refractivity (Wildman–Crippen MR) is 119 cm³/mol. The number of rotatable bonds is 4. The highest BCUT2D eigenvalue weighted by molar-refractivity contribution is 5.90. The number of aliphatic hydroxyl groups is 1. The van der Waals surface area contributed by atoms with Crippen molar-refractivity contribution in [2.24, 2.45) is 5.92 Å². The van der Waals surface area contributed by atoms with E-state index in [0.717, 1.165) is 57.2 Å². The summed E-state index contributed by atoms with van der Waals surface area (Å²) in [7, 11) is 0. The van der Waals surface area contributed by atoms with Crippen LogP contribution >= 0.6 is 0 Å². The van der Waals surface area contributed by atoms with E-state index in [4.69, 9.17) is 4.98 Å². The molecule has 1 aliphatic rings. The van der Waals surface area contributed by atoms with Gasteiger partial charge in [-0.1, -0.05) is 30.3 Å². The summed E-state index contributed by atoms with van der Waals surface area (Å²) in [6, 6.07) is 22.6. The van der Waals surface area contributed by atoms with Gasteiger partial charge in [0.25, 0.3) is 0 Å². The smallest absolute Gasteiger partial charge is 0.123 e. The van der Waals surface area contributed by atoms with Crippen molar-refractivity contribution in [2.45, 2.75) is 18.9 Å². The molecule has 0 radical (unpaired) electrons. The van der Waals surface area contributed by atoms with Crippen LogP contribution in [-0.2, 0) is 0 Å². The van der Waals surface area contributed by atoms with Gasteiger partial charge in [-0.15, -0.1) is 0 Å². The average molecular weight is 409 g/mol. The summed E-state index contributed by atoms with van der Waals surface area (Å²) >= 11 is 0. The molecule has 6 rings (SSSR count). The number of halogens is 1. The second-order valence-corrected chi connectivity index (χ2v) is 8.20. The molecule has 1 aliphatic carbocycles. The molecular formula is C26H20FN3O. The molecule has 0 spiro atoms. The summed E-state index contributed by atoms with van der Waals surface area (Å²) in [5.74, 6) is 0.0386. The van der Waals surface area contributed by atoms with Gasteiger partial charge in [-0.05, 0) is 66.6 Å². The minimum atomic E-state index is -0.533. The van der Waals surface area contributed by atoms with Gasteiger partial charge < -0.3 is 5.11 Å². The summed E-state index contributed by atoms with van der Waals surface area (Å²) in [4.78, 5) is 4.89. The molecule has 31 heavy (non-hydrogen) atoms. The molecule has 0 aliphatic heterocycles. The first-order chi connectivity index (χ1) is 15.2. The third-order valence-corrected chi connectivity index (χ3v) is 6.05. The summed E-state index contributed by atoms with van der Waals surface area (Å²) in [6.07, 6.45) is 3.38. The number of pyridine rings is 1. The zero-order valence-electron chi connectivity index (χ0n) is 16.7. The molecule has 1 N–H and O–H groups in total. The highest BCUT2D eigenvalue weighted by Crippen LogP contribution is 2.42. The number of hydrogen-bond donors (Lipinski definition) is 1. The lowest BCUT2D eigenvalue weighted by Gasteiger charge is -2.14. The van der Waals surface area contributed by atoms with Gasteiger partial charge in [0.1, 0.15) is 5.82 Å². The van der Waals surface area contributed by atoms with Gasteiger partial charge in [-0.3, -0.25) is 0 Å². The highest BCUT2D eigenvalue weighted by Gasteiger charge is 2.33. The fourth-order valence-corrected chi connectivity index (χ4v) is 4.21. The molecule has 0 bridgehead atoms. The van der Waals surface area contributed by atoms with E-state index in [1.807, 2.05) is 36.5 Å². The maximum atomic E-state index is 13.3. The van der Waals surface area contributed by atoms with Crippen LogP contribution in [0.5, 0.6) is 0 Å². The molecule has 2 aromatic heterocycles. The SMILES string of the molecule is OC(c1nc(-c2ccc3c(cnn3-c3ccc(F)cc3)c2)cc2ccccc12)C1CC1. The standard InChI is InChI=1S/C26H20FN3O/c27-20-8-10-21(11-9-20)30-24-12-7-18(13-19(24)15-28-30)23-14-17-3-1-2-4-22(17)25(29-23)26(31)16-5-6-16/h1-4,7-16,26,31H,5-6H2. The highest BCUT2D eigenvalue weighted by atomic mass is 19.1. The Bertz CT molecular complexity index is 1420. The van der Waals surface area contributed by atoms with Crippen molar-refractivity contribution in [1.29, 1.82) is 0 Å². The average Bonchev–Trinajstić information content (AvgIpc) is 3.57. The first-order valence-corrected chi connectivity index (χ1v) is 10.5. The molecular weight excluding hydrogens is 389 g/mol. The molecule has 0 amide bonds. The molecule has 1 saturated carbocycles. The number of aliphatic hydroxyl groups excluding tert-OH is 1. The summed E-state index contributed by atoms with van der Waals surface area (Å²) < 4.78 is 15.1. The molecule has 1 unspecified atom stereocenters. The third-order valence-electron chi connectivity index (χ3n) is 6.05. The lowest BCUT2D eigenvalue weighted by molar-refractivity contribution is 0.151. The maximum Gasteiger partial charge on any atom is 0.123 e. The lowest BCUT2D eigenvalue weighted by atomic mass is 10.0. The van der Waals surface area contributed by atoms with Gasteiger partial charge in [0.15, 0.2) is 0 Å². The van der Waals surface area contributed by atoms with Crippen LogP contribution in [0.4, 0.5) is 4.39 Å². The van der Waals surface area contributed by atoms with Crippen LogP contribution < -0.4 is 0 Å². The van der Waals surface area contributed by atoms with Crippen LogP contribution in [0, 0.1) is 11.7 Å². The fraction of sp³-hybridized carbons (Fsp3) is 0.154. The zero-order chi connectivity index (χ0) is 20.9. The number of aromatic nitrogens is 3. The zero-order valence-corrected chi connectivity index (χ0v) is 16.7. The van der Waals surface area contributed by atoms with Crippen LogP contribution in [0.2, 0.25) is 0 Å². The van der Waals surface area contributed by atoms with Crippen LogP contribution in [0.1, 0.15) is 24.6 Å². The van der Waals surface area contributed by atoms with E-state index in [0.29, 0.717) is 5.92 Å². The van der Waals surface area contributed by atoms with Crippen LogP contribution in [-0.4, -0.2) is 19.9 Å². The van der Waals surface area contributed by atoms with Gasteiger partial charge in [-0.25, -0.2) is 14.1 Å². The second kappa shape index (κ2) is 7.00. The van der Waals surface area contributed by atoms with Gasteiger partial charge in [0.05, 0.1) is 34.9 Å². The molecule has 5 aromatic rings. The lowest BCUT2D eigenvalue weighted by Crippen LogP contribution is -2.04. The number of fused-ring (bicyclic) bond motifs is 2. The summed E-state index contributed by atoms with van der Waals surface area (Å²) in [5, 5.41) is 18.4. The molecule has 152 valence electrons. The largest absolute Gasteiger partial charge is 0.386 e. The second-order valence-electron chi connectivity index (χ2n) is 8.20. The quantitative estimate of drug-likeness (QED) is 0.407. The van der Waals surface area contributed by atoms with Crippen molar-refractivity contribution in [3.63, 3.8) is 0 Å². The van der Waals surface area contributed by atoms with E-state index < -0.39 is 6.10 Å². The number of hydrogen-bond acceptors (Lipinski definition) is 3. The molecule has 4 nitrogen and oxygen atoms in total. The molecule has 1 atom stereocenters. The minimum absolute atomic E-state index is 0.269. The van der Waals surface area contributed by atoms with Crippen molar-refractivity contribution in [2.75, 3.05) is 0 Å². The number of nitrogens with zero attached hydrogens (tertiary/aromatic N) is 3. The normalized spacial score (nSPS) is 14.9. The van der Waals surface area contributed by atoms with E-state index in [2.05, 4.69) is 23.3 Å². The Morgan fingerprint density at radius 2 is 1.74 bits per heavy atom. The maximum absolute atomic E-state index is 13.3. The molecule has 3 aromatic carbocycles. The monoisotopic (exact) mass is 409 g/mol. The molecule has 1 fully saturated rings. The van der Waals surface area contributed by atoms with E-state index in [1.54, 1.807) is 16.8 Å². The van der Waals surface area contributed by atoms with Crippen molar-refractivity contribution in [3.05, 3.63) is 90.5 Å². The minimum Gasteiger partial charge on any atom is -0.386 e. The van der Waals surface area contributed by atoms with E-state index in [1.165, 1.54) is 12.1 Å². The Balaban J connectivity index is 1.47. The first kappa shape index (κ1) is 18.2. The Hall–Kier alpha value is -3.57. The Labute approximate surface area is 178 Å². The van der Waals surface area contributed by atoms with Gasteiger partial charge >= 0.3 is 0 Å². The van der Waals surface area contributed by atoms with Crippen LogP contribution in [0.25, 0.3) is 38.6 Å². The van der Waals surface area contributed by atoms with Crippen molar-refractivity contribution in [3.8, 4) is 16.9 Å². The third kappa shape index (κ3) is 3.18. The molecule has 2 heterocycles. The van der Waals surface area contributed by atoms with E-state index in [9.17, 15) is 9.50 Å². The van der Waals surface area contributed by atoms with E-state index in [-0.39, 0.29) is 5.82 Å². The van der Waals surface area contributed by atoms with Crippen molar-refractivity contribution >= 4 is 21.7 Å². The van der Waals surface area contributed by atoms with Gasteiger partial charge in [-0.2, -0.15) is 5.10 Å². The van der Waals surface area contributed by atoms with Gasteiger partial charge in [0, 0.05) is 16.3 Å². The molecule has 0 saturated heterocycles. The molecule has 5 heteroatoms.